The van der Waals surface area contributed by atoms with E-state index in [4.69, 9.17) is 9.26 Å². The molecule has 174 valence electrons. The van der Waals surface area contributed by atoms with Crippen LogP contribution in [0.15, 0.2) is 33.7 Å². The number of aromatic nitrogens is 1. The lowest BCUT2D eigenvalue weighted by atomic mass is 9.95. The van der Waals surface area contributed by atoms with Gasteiger partial charge in [0.15, 0.2) is 5.76 Å². The number of carbonyl (C=O) groups is 1. The van der Waals surface area contributed by atoms with Gasteiger partial charge in [-0.1, -0.05) is 17.3 Å². The lowest BCUT2D eigenvalue weighted by Crippen LogP contribution is -2.44. The van der Waals surface area contributed by atoms with Gasteiger partial charge in [0.25, 0.3) is 0 Å². The standard InChI is InChI=1S/C23H31N3O5S/c1-4-30-20-9-7-18(8-10-20)21-6-5-13-26(21)23(27)19-11-14-25(15-12-19)32(28,29)22-16(2)24-31-17(22)3/h7-10,19,21H,4-6,11-15H2,1-3H3. The van der Waals surface area contributed by atoms with E-state index in [1.165, 1.54) is 4.31 Å². The summed E-state index contributed by atoms with van der Waals surface area (Å²) in [7, 11) is -3.67. The lowest BCUT2D eigenvalue weighted by Gasteiger charge is -2.34. The number of sulfonamides is 1. The smallest absolute Gasteiger partial charge is 0.248 e. The maximum Gasteiger partial charge on any atom is 0.248 e. The van der Waals surface area contributed by atoms with E-state index in [2.05, 4.69) is 5.16 Å². The molecule has 2 fully saturated rings. The molecule has 8 nitrogen and oxygen atoms in total. The van der Waals surface area contributed by atoms with Crippen molar-refractivity contribution in [2.45, 2.75) is 57.4 Å². The SMILES string of the molecule is CCOc1ccc(C2CCCN2C(=O)C2CCN(S(=O)(=O)c3c(C)noc3C)CC2)cc1. The Kier molecular flexibility index (Phi) is 6.57. The van der Waals surface area contributed by atoms with Crippen LogP contribution in [0.4, 0.5) is 0 Å². The highest BCUT2D eigenvalue weighted by molar-refractivity contribution is 7.89. The Labute approximate surface area is 189 Å². The average molecular weight is 462 g/mol. The van der Waals surface area contributed by atoms with Crippen LogP contribution >= 0.6 is 0 Å². The summed E-state index contributed by atoms with van der Waals surface area (Å²) >= 11 is 0. The van der Waals surface area contributed by atoms with Crippen molar-refractivity contribution < 1.29 is 22.5 Å². The molecule has 1 unspecified atom stereocenters. The second-order valence-corrected chi connectivity index (χ2v) is 10.4. The molecule has 0 aliphatic carbocycles. The molecule has 0 saturated carbocycles. The number of amides is 1. The van der Waals surface area contributed by atoms with Crippen LogP contribution in [0.25, 0.3) is 0 Å². The molecule has 32 heavy (non-hydrogen) atoms. The van der Waals surface area contributed by atoms with Crippen LogP contribution in [0.1, 0.15) is 55.7 Å². The predicted octanol–water partition coefficient (Wildman–Crippen LogP) is 3.45. The average Bonchev–Trinajstić information content (AvgIpc) is 3.41. The molecule has 9 heteroatoms. The lowest BCUT2D eigenvalue weighted by molar-refractivity contribution is -0.137. The number of rotatable bonds is 6. The summed E-state index contributed by atoms with van der Waals surface area (Å²) in [6.45, 7) is 7.21. The van der Waals surface area contributed by atoms with Crippen molar-refractivity contribution >= 4 is 15.9 Å². The van der Waals surface area contributed by atoms with E-state index < -0.39 is 10.0 Å². The maximum absolute atomic E-state index is 13.4. The van der Waals surface area contributed by atoms with E-state index in [9.17, 15) is 13.2 Å². The zero-order chi connectivity index (χ0) is 22.9. The highest BCUT2D eigenvalue weighted by Crippen LogP contribution is 2.36. The third-order valence-electron chi connectivity index (χ3n) is 6.48. The second kappa shape index (κ2) is 9.23. The number of hydrogen-bond acceptors (Lipinski definition) is 6. The molecular formula is C23H31N3O5S. The van der Waals surface area contributed by atoms with Crippen molar-refractivity contribution in [3.05, 3.63) is 41.3 Å². The normalized spacial score (nSPS) is 20.6. The zero-order valence-corrected chi connectivity index (χ0v) is 19.7. The van der Waals surface area contributed by atoms with Crippen molar-refractivity contribution in [2.75, 3.05) is 26.2 Å². The van der Waals surface area contributed by atoms with Gasteiger partial charge in [-0.25, -0.2) is 8.42 Å². The van der Waals surface area contributed by atoms with Crippen molar-refractivity contribution in [1.29, 1.82) is 0 Å². The van der Waals surface area contributed by atoms with Gasteiger partial charge in [0.05, 0.1) is 12.6 Å². The molecule has 4 rings (SSSR count). The topological polar surface area (TPSA) is 93.0 Å². The van der Waals surface area contributed by atoms with E-state index in [-0.39, 0.29) is 22.8 Å². The van der Waals surface area contributed by atoms with E-state index in [1.807, 2.05) is 36.1 Å². The predicted molar refractivity (Wildman–Crippen MR) is 119 cm³/mol. The Balaban J connectivity index is 1.41. The number of piperidine rings is 1. The van der Waals surface area contributed by atoms with Gasteiger partial charge in [-0.05, 0) is 64.2 Å². The first-order valence-corrected chi connectivity index (χ1v) is 12.7. The molecule has 0 N–H and O–H groups in total. The Morgan fingerprint density at radius 2 is 1.81 bits per heavy atom. The Morgan fingerprint density at radius 1 is 1.12 bits per heavy atom. The quantitative estimate of drug-likeness (QED) is 0.654. The van der Waals surface area contributed by atoms with Crippen molar-refractivity contribution in [3.8, 4) is 5.75 Å². The summed E-state index contributed by atoms with van der Waals surface area (Å²) in [5, 5.41) is 3.78. The fourth-order valence-corrected chi connectivity index (χ4v) is 6.64. The van der Waals surface area contributed by atoms with Gasteiger partial charge < -0.3 is 14.2 Å². The number of hydrogen-bond donors (Lipinski definition) is 0. The van der Waals surface area contributed by atoms with Gasteiger partial charge >= 0.3 is 0 Å². The molecule has 1 atom stereocenters. The fraction of sp³-hybridized carbons (Fsp3) is 0.565. The summed E-state index contributed by atoms with van der Waals surface area (Å²) in [6.07, 6.45) is 2.96. The molecular weight excluding hydrogens is 430 g/mol. The van der Waals surface area contributed by atoms with Gasteiger partial charge in [0, 0.05) is 25.6 Å². The minimum Gasteiger partial charge on any atom is -0.494 e. The Morgan fingerprint density at radius 3 is 2.41 bits per heavy atom. The Hall–Kier alpha value is -2.39. The first-order chi connectivity index (χ1) is 15.3. The van der Waals surface area contributed by atoms with E-state index >= 15 is 0 Å². The summed E-state index contributed by atoms with van der Waals surface area (Å²) in [6, 6.07) is 8.07. The number of ether oxygens (including phenoxy) is 1. The van der Waals surface area contributed by atoms with E-state index in [0.29, 0.717) is 44.0 Å². The molecule has 0 bridgehead atoms. The third kappa shape index (κ3) is 4.28. The van der Waals surface area contributed by atoms with Crippen molar-refractivity contribution in [3.63, 3.8) is 0 Å². The molecule has 0 spiro atoms. The molecule has 1 aromatic carbocycles. The Bertz CT molecular complexity index is 1040. The van der Waals surface area contributed by atoms with Gasteiger partial charge in [-0.2, -0.15) is 4.31 Å². The van der Waals surface area contributed by atoms with Gasteiger partial charge in [-0.15, -0.1) is 0 Å². The monoisotopic (exact) mass is 461 g/mol. The zero-order valence-electron chi connectivity index (χ0n) is 18.9. The van der Waals surface area contributed by atoms with Crippen molar-refractivity contribution in [2.24, 2.45) is 5.92 Å². The molecule has 2 aliphatic rings. The summed E-state index contributed by atoms with van der Waals surface area (Å²) in [5.74, 6) is 1.11. The molecule has 1 amide bonds. The minimum absolute atomic E-state index is 0.0715. The van der Waals surface area contributed by atoms with Crippen LogP contribution in [0.3, 0.4) is 0 Å². The van der Waals surface area contributed by atoms with Crippen LogP contribution in [-0.4, -0.2) is 54.9 Å². The van der Waals surface area contributed by atoms with Gasteiger partial charge in [0.1, 0.15) is 16.3 Å². The first kappa shape index (κ1) is 22.8. The van der Waals surface area contributed by atoms with Crippen LogP contribution in [0.2, 0.25) is 0 Å². The third-order valence-corrected chi connectivity index (χ3v) is 8.62. The number of nitrogens with zero attached hydrogens (tertiary/aromatic N) is 3. The second-order valence-electron chi connectivity index (χ2n) is 8.52. The summed E-state index contributed by atoms with van der Waals surface area (Å²) < 4.78 is 38.1. The molecule has 3 heterocycles. The first-order valence-electron chi connectivity index (χ1n) is 11.3. The largest absolute Gasteiger partial charge is 0.494 e. The van der Waals surface area contributed by atoms with Crippen LogP contribution in [0, 0.1) is 19.8 Å². The van der Waals surface area contributed by atoms with Gasteiger partial charge in [-0.3, -0.25) is 4.79 Å². The maximum atomic E-state index is 13.4. The number of aryl methyl sites for hydroxylation is 2. The number of likely N-dealkylation sites (tertiary alicyclic amines) is 1. The fourth-order valence-electron chi connectivity index (χ4n) is 4.88. The molecule has 2 aliphatic heterocycles. The van der Waals surface area contributed by atoms with Crippen LogP contribution in [0.5, 0.6) is 5.75 Å². The van der Waals surface area contributed by atoms with E-state index in [0.717, 1.165) is 30.7 Å². The van der Waals surface area contributed by atoms with Crippen LogP contribution < -0.4 is 4.74 Å². The van der Waals surface area contributed by atoms with Gasteiger partial charge in [0.2, 0.25) is 15.9 Å². The van der Waals surface area contributed by atoms with Crippen LogP contribution in [-0.2, 0) is 14.8 Å². The molecule has 1 aromatic heterocycles. The summed E-state index contributed by atoms with van der Waals surface area (Å²) in [4.78, 5) is 15.5. The number of carbonyl (C=O) groups excluding carboxylic acids is 1. The summed E-state index contributed by atoms with van der Waals surface area (Å²) in [5.41, 5.74) is 1.49. The number of benzene rings is 1. The molecule has 2 saturated heterocycles. The van der Waals surface area contributed by atoms with Crippen molar-refractivity contribution in [1.82, 2.24) is 14.4 Å². The molecule has 0 radical (unpaired) electrons. The van der Waals surface area contributed by atoms with E-state index in [1.54, 1.807) is 13.8 Å². The minimum atomic E-state index is -3.67. The highest BCUT2D eigenvalue weighted by Gasteiger charge is 2.39. The highest BCUT2D eigenvalue weighted by atomic mass is 32.2. The molecule has 2 aromatic rings.